The van der Waals surface area contributed by atoms with Crippen LogP contribution in [0.15, 0.2) is 0 Å². The number of β-lactam (4-membered cyclic amide) rings is 1. The molecular formula is C8H11N3OS. The van der Waals surface area contributed by atoms with E-state index >= 15 is 0 Å². The minimum atomic E-state index is -0.400. The van der Waals surface area contributed by atoms with Crippen LogP contribution in [0.5, 0.6) is 0 Å². The highest BCUT2D eigenvalue weighted by molar-refractivity contribution is 8.01. The Bertz CT molecular complexity index is 309. The predicted octanol–water partition coefficient (Wildman–Crippen LogP) is -0.100. The van der Waals surface area contributed by atoms with E-state index in [2.05, 4.69) is 6.07 Å². The summed E-state index contributed by atoms with van der Waals surface area (Å²) in [4.78, 5) is 12.9. The van der Waals surface area contributed by atoms with Gasteiger partial charge in [0.05, 0.1) is 6.07 Å². The van der Waals surface area contributed by atoms with Gasteiger partial charge in [0.2, 0.25) is 5.91 Å². The molecule has 0 saturated carbocycles. The fraction of sp³-hybridized carbons (Fsp3) is 0.750. The van der Waals surface area contributed by atoms with E-state index in [1.165, 1.54) is 0 Å². The molecule has 2 rings (SSSR count). The topological polar surface area (TPSA) is 70.1 Å². The average Bonchev–Trinajstić information content (AvgIpc) is 2.33. The second-order valence-corrected chi connectivity index (χ2v) is 5.69. The average molecular weight is 197 g/mol. The minimum absolute atomic E-state index is 0.0205. The van der Waals surface area contributed by atoms with Crippen molar-refractivity contribution in [2.75, 3.05) is 0 Å². The van der Waals surface area contributed by atoms with Crippen LogP contribution in [0.25, 0.3) is 0 Å². The van der Waals surface area contributed by atoms with Gasteiger partial charge in [0.15, 0.2) is 0 Å². The Morgan fingerprint density at radius 2 is 2.31 bits per heavy atom. The fourth-order valence-corrected chi connectivity index (χ4v) is 3.36. The third-order valence-corrected chi connectivity index (χ3v) is 4.20. The largest absolute Gasteiger partial charge is 0.317 e. The van der Waals surface area contributed by atoms with Crippen LogP contribution in [-0.4, -0.2) is 33.0 Å². The standard InChI is InChI=1S/C8H11N3OS/c1-8(2)4(3-9)11-6(12)5(10)7(11)13-8/h4-5,7H,10H2,1-2H3. The van der Waals surface area contributed by atoms with Crippen LogP contribution in [0.3, 0.4) is 0 Å². The lowest BCUT2D eigenvalue weighted by Gasteiger charge is -2.40. The van der Waals surface area contributed by atoms with E-state index in [-0.39, 0.29) is 22.1 Å². The number of carbonyl (C=O) groups is 1. The van der Waals surface area contributed by atoms with Crippen LogP contribution in [0.1, 0.15) is 13.8 Å². The third-order valence-electron chi connectivity index (χ3n) is 2.60. The molecular weight excluding hydrogens is 186 g/mol. The number of fused-ring (bicyclic) bond motifs is 1. The van der Waals surface area contributed by atoms with Gasteiger partial charge in [0.1, 0.15) is 17.5 Å². The first-order valence-corrected chi connectivity index (χ1v) is 5.02. The number of nitrogens with zero attached hydrogens (tertiary/aromatic N) is 2. The lowest BCUT2D eigenvalue weighted by molar-refractivity contribution is -0.145. The van der Waals surface area contributed by atoms with Crippen LogP contribution in [0.4, 0.5) is 0 Å². The molecule has 0 spiro atoms. The number of hydrogen-bond donors (Lipinski definition) is 1. The molecule has 0 aromatic heterocycles. The predicted molar refractivity (Wildman–Crippen MR) is 49.7 cm³/mol. The van der Waals surface area contributed by atoms with E-state index in [1.807, 2.05) is 13.8 Å². The second kappa shape index (κ2) is 2.40. The molecule has 0 bridgehead atoms. The molecule has 3 atom stereocenters. The number of nitrogens with two attached hydrogens (primary N) is 1. The molecule has 2 N–H and O–H groups in total. The molecule has 0 radical (unpaired) electrons. The van der Waals surface area contributed by atoms with Crippen LogP contribution < -0.4 is 5.73 Å². The summed E-state index contributed by atoms with van der Waals surface area (Å²) >= 11 is 1.62. The highest BCUT2D eigenvalue weighted by atomic mass is 32.2. The van der Waals surface area contributed by atoms with Crippen LogP contribution in [0.2, 0.25) is 0 Å². The van der Waals surface area contributed by atoms with Crippen molar-refractivity contribution < 1.29 is 4.79 Å². The second-order valence-electron chi connectivity index (χ2n) is 3.91. The van der Waals surface area contributed by atoms with Crippen LogP contribution in [-0.2, 0) is 4.79 Å². The number of amides is 1. The Kier molecular flexibility index (Phi) is 1.63. The first-order valence-electron chi connectivity index (χ1n) is 4.14. The zero-order valence-electron chi connectivity index (χ0n) is 7.52. The molecule has 2 aliphatic heterocycles. The summed E-state index contributed by atoms with van der Waals surface area (Å²) in [6, 6.07) is 1.44. The van der Waals surface area contributed by atoms with Gasteiger partial charge >= 0.3 is 0 Å². The summed E-state index contributed by atoms with van der Waals surface area (Å²) in [5.74, 6) is -0.0883. The van der Waals surface area contributed by atoms with Crippen LogP contribution >= 0.6 is 11.8 Å². The Morgan fingerprint density at radius 1 is 1.69 bits per heavy atom. The van der Waals surface area contributed by atoms with E-state index in [0.29, 0.717) is 0 Å². The van der Waals surface area contributed by atoms with Crippen molar-refractivity contribution in [2.45, 2.75) is 36.1 Å². The van der Waals surface area contributed by atoms with Gasteiger partial charge in [-0.15, -0.1) is 11.8 Å². The number of carbonyl (C=O) groups excluding carboxylic acids is 1. The Labute approximate surface area is 81.1 Å². The molecule has 2 heterocycles. The quantitative estimate of drug-likeness (QED) is 0.550. The lowest BCUT2D eigenvalue weighted by atomic mass is 9.98. The Hall–Kier alpha value is -0.730. The van der Waals surface area contributed by atoms with Crippen molar-refractivity contribution in [3.05, 3.63) is 0 Å². The molecule has 0 aromatic rings. The van der Waals surface area contributed by atoms with Gasteiger partial charge in [-0.25, -0.2) is 0 Å². The number of thioether (sulfide) groups is 1. The maximum absolute atomic E-state index is 11.3. The van der Waals surface area contributed by atoms with E-state index in [4.69, 9.17) is 11.0 Å². The summed E-state index contributed by atoms with van der Waals surface area (Å²) in [6.45, 7) is 3.95. The maximum atomic E-state index is 11.3. The van der Waals surface area contributed by atoms with Crippen molar-refractivity contribution >= 4 is 17.7 Å². The number of rotatable bonds is 0. The van der Waals surface area contributed by atoms with Gasteiger partial charge in [0.25, 0.3) is 0 Å². The van der Waals surface area contributed by atoms with Crippen molar-refractivity contribution in [3.63, 3.8) is 0 Å². The molecule has 1 amide bonds. The molecule has 3 unspecified atom stereocenters. The van der Waals surface area contributed by atoms with Gasteiger partial charge in [-0.1, -0.05) is 0 Å². The first-order chi connectivity index (χ1) is 5.99. The van der Waals surface area contributed by atoms with E-state index in [0.717, 1.165) is 0 Å². The smallest absolute Gasteiger partial charge is 0.244 e. The Morgan fingerprint density at radius 3 is 2.85 bits per heavy atom. The van der Waals surface area contributed by atoms with Gasteiger partial charge in [-0.2, -0.15) is 5.26 Å². The van der Waals surface area contributed by atoms with E-state index in [9.17, 15) is 4.79 Å². The minimum Gasteiger partial charge on any atom is -0.317 e. The fourth-order valence-electron chi connectivity index (χ4n) is 1.84. The highest BCUT2D eigenvalue weighted by Gasteiger charge is 2.60. The van der Waals surface area contributed by atoms with Gasteiger partial charge in [0, 0.05) is 4.75 Å². The van der Waals surface area contributed by atoms with E-state index < -0.39 is 6.04 Å². The molecule has 13 heavy (non-hydrogen) atoms. The monoisotopic (exact) mass is 197 g/mol. The number of nitriles is 1. The first kappa shape index (κ1) is 8.85. The lowest BCUT2D eigenvalue weighted by Crippen LogP contribution is -2.67. The molecule has 2 saturated heterocycles. The zero-order chi connectivity index (χ0) is 9.80. The third kappa shape index (κ3) is 0.930. The van der Waals surface area contributed by atoms with Crippen molar-refractivity contribution in [3.8, 4) is 6.07 Å². The van der Waals surface area contributed by atoms with Crippen molar-refractivity contribution in [1.29, 1.82) is 5.26 Å². The summed E-state index contributed by atoms with van der Waals surface area (Å²) in [7, 11) is 0. The van der Waals surface area contributed by atoms with Gasteiger partial charge in [-0.05, 0) is 13.8 Å². The maximum Gasteiger partial charge on any atom is 0.244 e. The summed E-state index contributed by atoms with van der Waals surface area (Å²) < 4.78 is -0.191. The normalized spacial score (nSPS) is 40.9. The number of hydrogen-bond acceptors (Lipinski definition) is 4. The molecule has 2 aliphatic rings. The molecule has 5 heteroatoms. The van der Waals surface area contributed by atoms with E-state index in [1.54, 1.807) is 16.7 Å². The summed E-state index contributed by atoms with van der Waals surface area (Å²) in [5.41, 5.74) is 5.62. The van der Waals surface area contributed by atoms with Crippen molar-refractivity contribution in [2.24, 2.45) is 5.73 Å². The molecule has 0 aromatic carbocycles. The zero-order valence-corrected chi connectivity index (χ0v) is 8.34. The summed E-state index contributed by atoms with van der Waals surface area (Å²) in [5, 5.41) is 8.95. The van der Waals surface area contributed by atoms with Crippen LogP contribution in [0, 0.1) is 11.3 Å². The molecule has 0 aliphatic carbocycles. The van der Waals surface area contributed by atoms with Gasteiger partial charge < -0.3 is 10.6 Å². The highest BCUT2D eigenvalue weighted by Crippen LogP contribution is 2.49. The molecule has 2 fully saturated rings. The Balaban J connectivity index is 2.30. The molecule has 4 nitrogen and oxygen atoms in total. The summed E-state index contributed by atoms with van der Waals surface area (Å²) in [6.07, 6.45) is 0. The van der Waals surface area contributed by atoms with Crippen molar-refractivity contribution in [1.82, 2.24) is 4.90 Å². The SMILES string of the molecule is CC1(C)SC2C(N)C(=O)N2C1C#N. The molecule has 70 valence electrons. The van der Waals surface area contributed by atoms with Gasteiger partial charge in [-0.3, -0.25) is 4.79 Å².